The molecule has 0 aromatic heterocycles. The van der Waals surface area contributed by atoms with Gasteiger partial charge in [0.2, 0.25) is 5.91 Å². The molecule has 1 aliphatic heterocycles. The number of carbonyl (C=O) groups excluding carboxylic acids is 1. The van der Waals surface area contributed by atoms with Crippen LogP contribution in [0, 0.1) is 5.41 Å². The van der Waals surface area contributed by atoms with Crippen molar-refractivity contribution in [2.24, 2.45) is 5.41 Å². The Bertz CT molecular complexity index is 351. The molecule has 0 aromatic carbocycles. The molecule has 1 atom stereocenters. The van der Waals surface area contributed by atoms with Gasteiger partial charge in [-0.05, 0) is 37.5 Å². The van der Waals surface area contributed by atoms with E-state index in [1.165, 1.54) is 4.90 Å². The number of alkyl halides is 3. The fraction of sp³-hybridized carbons (Fsp3) is 0.769. The second-order valence-electron chi connectivity index (χ2n) is 5.43. The third kappa shape index (κ3) is 3.27. The van der Waals surface area contributed by atoms with Gasteiger partial charge in [-0.3, -0.25) is 4.79 Å². The maximum absolute atomic E-state index is 12.2. The summed E-state index contributed by atoms with van der Waals surface area (Å²) in [6, 6.07) is 0. The first-order valence-electron chi connectivity index (χ1n) is 6.40. The van der Waals surface area contributed by atoms with Gasteiger partial charge in [-0.25, -0.2) is 0 Å². The highest BCUT2D eigenvalue weighted by atomic mass is 19.4. The smallest absolute Gasteiger partial charge is 0.342 e. The van der Waals surface area contributed by atoms with Crippen LogP contribution in [-0.2, 0) is 4.79 Å². The second kappa shape index (κ2) is 4.94. The van der Waals surface area contributed by atoms with E-state index in [9.17, 15) is 18.0 Å². The number of carbonyl (C=O) groups is 1. The lowest BCUT2D eigenvalue weighted by Crippen LogP contribution is -2.47. The normalized spacial score (nSPS) is 28.7. The average Bonchev–Trinajstić information content (AvgIpc) is 2.28. The van der Waals surface area contributed by atoms with Crippen molar-refractivity contribution < 1.29 is 18.0 Å². The molecule has 5 heteroatoms. The zero-order valence-electron chi connectivity index (χ0n) is 10.3. The highest BCUT2D eigenvalue weighted by Gasteiger charge is 2.39. The summed E-state index contributed by atoms with van der Waals surface area (Å²) in [6.07, 6.45) is 3.18. The van der Waals surface area contributed by atoms with Gasteiger partial charge >= 0.3 is 6.18 Å². The van der Waals surface area contributed by atoms with Crippen molar-refractivity contribution >= 4 is 5.91 Å². The van der Waals surface area contributed by atoms with Crippen molar-refractivity contribution in [2.75, 3.05) is 13.1 Å². The minimum atomic E-state index is -4.39. The fourth-order valence-corrected chi connectivity index (χ4v) is 3.02. The van der Waals surface area contributed by atoms with Crippen molar-refractivity contribution in [3.8, 4) is 0 Å². The Morgan fingerprint density at radius 3 is 2.67 bits per heavy atom. The Morgan fingerprint density at radius 1 is 1.28 bits per heavy atom. The van der Waals surface area contributed by atoms with Gasteiger partial charge in [0.15, 0.2) is 0 Å². The maximum Gasteiger partial charge on any atom is 0.397 e. The van der Waals surface area contributed by atoms with E-state index < -0.39 is 18.5 Å². The first-order chi connectivity index (χ1) is 8.40. The molecular weight excluding hydrogens is 243 g/mol. The molecule has 0 aromatic rings. The Balaban J connectivity index is 1.98. The van der Waals surface area contributed by atoms with E-state index in [0.29, 0.717) is 13.1 Å². The minimum absolute atomic E-state index is 0.0360. The summed E-state index contributed by atoms with van der Waals surface area (Å²) < 4.78 is 36.7. The van der Waals surface area contributed by atoms with Crippen LogP contribution in [0.4, 0.5) is 13.2 Å². The molecule has 1 heterocycles. The van der Waals surface area contributed by atoms with E-state index in [1.807, 2.05) is 0 Å². The van der Waals surface area contributed by atoms with E-state index in [4.69, 9.17) is 0 Å². The minimum Gasteiger partial charge on any atom is -0.342 e. The summed E-state index contributed by atoms with van der Waals surface area (Å²) in [4.78, 5) is 13.0. The predicted molar refractivity (Wildman–Crippen MR) is 61.9 cm³/mol. The molecule has 18 heavy (non-hydrogen) atoms. The molecule has 0 unspecified atom stereocenters. The lowest BCUT2D eigenvalue weighted by molar-refractivity contribution is -0.163. The summed E-state index contributed by atoms with van der Waals surface area (Å²) in [5.74, 6) is -0.767. The number of hydrogen-bond acceptors (Lipinski definition) is 1. The predicted octanol–water partition coefficient (Wildman–Crippen LogP) is 3.29. The molecular formula is C13H18F3NO. The zero-order valence-corrected chi connectivity index (χ0v) is 10.3. The third-order valence-electron chi connectivity index (χ3n) is 3.92. The highest BCUT2D eigenvalue weighted by molar-refractivity contribution is 5.77. The van der Waals surface area contributed by atoms with Crippen molar-refractivity contribution in [3.05, 3.63) is 12.2 Å². The van der Waals surface area contributed by atoms with Gasteiger partial charge in [-0.1, -0.05) is 12.2 Å². The Labute approximate surface area is 105 Å². The molecule has 0 radical (unpaired) electrons. The van der Waals surface area contributed by atoms with Gasteiger partial charge in [0.1, 0.15) is 6.42 Å². The van der Waals surface area contributed by atoms with Crippen LogP contribution in [0.25, 0.3) is 0 Å². The molecule has 2 nitrogen and oxygen atoms in total. The van der Waals surface area contributed by atoms with Crippen LogP contribution < -0.4 is 0 Å². The Morgan fingerprint density at radius 2 is 2.06 bits per heavy atom. The van der Waals surface area contributed by atoms with E-state index in [-0.39, 0.29) is 5.41 Å². The van der Waals surface area contributed by atoms with Crippen LogP contribution in [0.3, 0.4) is 0 Å². The monoisotopic (exact) mass is 261 g/mol. The van der Waals surface area contributed by atoms with Crippen LogP contribution in [0.5, 0.6) is 0 Å². The number of halogens is 3. The van der Waals surface area contributed by atoms with Gasteiger partial charge < -0.3 is 4.90 Å². The first-order valence-corrected chi connectivity index (χ1v) is 6.40. The van der Waals surface area contributed by atoms with Crippen LogP contribution in [-0.4, -0.2) is 30.1 Å². The van der Waals surface area contributed by atoms with Gasteiger partial charge in [-0.2, -0.15) is 13.2 Å². The number of likely N-dealkylation sites (tertiary alicyclic amines) is 1. The molecule has 0 bridgehead atoms. The maximum atomic E-state index is 12.2. The zero-order chi connectivity index (χ0) is 13.2. The molecule has 1 saturated heterocycles. The number of hydrogen-bond donors (Lipinski definition) is 0. The standard InChI is InChI=1S/C13H18F3NO/c14-13(15,16)9-11(18)17-8-4-7-12(10-17)5-2-1-3-6-12/h1-2H,3-10H2/t12-/m1/s1. The molecule has 1 fully saturated rings. The van der Waals surface area contributed by atoms with Crippen LogP contribution in [0.1, 0.15) is 38.5 Å². The van der Waals surface area contributed by atoms with Gasteiger partial charge in [0.25, 0.3) is 0 Å². The van der Waals surface area contributed by atoms with Crippen molar-refractivity contribution in [2.45, 2.75) is 44.7 Å². The molecule has 2 rings (SSSR count). The van der Waals surface area contributed by atoms with Crippen molar-refractivity contribution in [1.82, 2.24) is 4.90 Å². The Kier molecular flexibility index (Phi) is 3.69. The summed E-state index contributed by atoms with van der Waals surface area (Å²) in [6.45, 7) is 0.965. The molecule has 1 spiro atoms. The number of nitrogens with zero attached hydrogens (tertiary/aromatic N) is 1. The van der Waals surface area contributed by atoms with E-state index in [0.717, 1.165) is 32.1 Å². The first kappa shape index (κ1) is 13.4. The molecule has 102 valence electrons. The number of amides is 1. The van der Waals surface area contributed by atoms with Crippen molar-refractivity contribution in [1.29, 1.82) is 0 Å². The molecule has 2 aliphatic rings. The Hall–Kier alpha value is -1.00. The SMILES string of the molecule is O=C(CC(F)(F)F)N1CCC[C@]2(CC=CCC2)C1. The van der Waals surface area contributed by atoms with Gasteiger partial charge in [0, 0.05) is 13.1 Å². The van der Waals surface area contributed by atoms with E-state index in [2.05, 4.69) is 12.2 Å². The van der Waals surface area contributed by atoms with Gasteiger partial charge in [-0.15, -0.1) is 0 Å². The molecule has 0 saturated carbocycles. The van der Waals surface area contributed by atoms with Crippen LogP contribution in [0.15, 0.2) is 12.2 Å². The number of rotatable bonds is 1. The number of allylic oxidation sites excluding steroid dienone is 2. The quantitative estimate of drug-likeness (QED) is 0.663. The van der Waals surface area contributed by atoms with Gasteiger partial charge in [0.05, 0.1) is 0 Å². The molecule has 1 amide bonds. The highest BCUT2D eigenvalue weighted by Crippen LogP contribution is 2.41. The van der Waals surface area contributed by atoms with Crippen molar-refractivity contribution in [3.63, 3.8) is 0 Å². The lowest BCUT2D eigenvalue weighted by Gasteiger charge is -2.44. The fourth-order valence-electron chi connectivity index (χ4n) is 3.02. The molecule has 1 aliphatic carbocycles. The number of piperidine rings is 1. The van der Waals surface area contributed by atoms with E-state index in [1.54, 1.807) is 0 Å². The lowest BCUT2D eigenvalue weighted by atomic mass is 9.71. The largest absolute Gasteiger partial charge is 0.397 e. The second-order valence-corrected chi connectivity index (χ2v) is 5.43. The van der Waals surface area contributed by atoms with Crippen LogP contribution >= 0.6 is 0 Å². The average molecular weight is 261 g/mol. The van der Waals surface area contributed by atoms with Crippen LogP contribution in [0.2, 0.25) is 0 Å². The van der Waals surface area contributed by atoms with E-state index >= 15 is 0 Å². The summed E-state index contributed by atoms with van der Waals surface area (Å²) in [5, 5.41) is 0. The summed E-state index contributed by atoms with van der Waals surface area (Å²) in [7, 11) is 0. The summed E-state index contributed by atoms with van der Waals surface area (Å²) >= 11 is 0. The topological polar surface area (TPSA) is 20.3 Å². The summed E-state index contributed by atoms with van der Waals surface area (Å²) in [5.41, 5.74) is 0.0360. The molecule has 0 N–H and O–H groups in total. The third-order valence-corrected chi connectivity index (χ3v) is 3.92.